The largest absolute Gasteiger partial charge is 0.506 e. The predicted octanol–water partition coefficient (Wildman–Crippen LogP) is 2.27. The van der Waals surface area contributed by atoms with E-state index in [1.54, 1.807) is 0 Å². The lowest BCUT2D eigenvalue weighted by Crippen LogP contribution is -1.94. The molecule has 1 aromatic carbocycles. The van der Waals surface area contributed by atoms with Gasteiger partial charge in [0.1, 0.15) is 5.75 Å². The van der Waals surface area contributed by atoms with Gasteiger partial charge in [0.25, 0.3) is 0 Å². The Morgan fingerprint density at radius 1 is 1.33 bits per heavy atom. The van der Waals surface area contributed by atoms with Crippen LogP contribution in [0, 0.1) is 0 Å². The highest BCUT2D eigenvalue weighted by Crippen LogP contribution is 2.32. The average molecular weight is 206 g/mol. The van der Waals surface area contributed by atoms with Crippen molar-refractivity contribution in [2.45, 2.75) is 0 Å². The van der Waals surface area contributed by atoms with Gasteiger partial charge in [0.05, 0.1) is 15.7 Å². The molecule has 64 valence electrons. The normalized spacial score (nSPS) is 9.50. The Morgan fingerprint density at radius 3 is 2.58 bits per heavy atom. The minimum atomic E-state index is -0.113. The third-order valence-corrected chi connectivity index (χ3v) is 1.87. The molecule has 3 nitrogen and oxygen atoms in total. The Morgan fingerprint density at radius 2 is 2.00 bits per heavy atom. The molecule has 0 heterocycles. The summed E-state index contributed by atoms with van der Waals surface area (Å²) in [5.41, 5.74) is 0.370. The van der Waals surface area contributed by atoms with Crippen LogP contribution in [0.5, 0.6) is 5.75 Å². The number of anilines is 1. The van der Waals surface area contributed by atoms with Crippen molar-refractivity contribution in [3.8, 4) is 5.75 Å². The summed E-state index contributed by atoms with van der Waals surface area (Å²) >= 11 is 11.2. The van der Waals surface area contributed by atoms with Crippen molar-refractivity contribution < 1.29 is 9.90 Å². The Kier molecular flexibility index (Phi) is 2.78. The third kappa shape index (κ3) is 1.81. The monoisotopic (exact) mass is 205 g/mol. The summed E-state index contributed by atoms with van der Waals surface area (Å²) in [5, 5.41) is 11.8. The van der Waals surface area contributed by atoms with Crippen molar-refractivity contribution in [2.75, 3.05) is 5.32 Å². The number of halogens is 2. The number of rotatable bonds is 2. The van der Waals surface area contributed by atoms with Crippen LogP contribution < -0.4 is 5.32 Å². The number of phenols is 1. The Labute approximate surface area is 78.9 Å². The van der Waals surface area contributed by atoms with E-state index in [9.17, 15) is 4.79 Å². The summed E-state index contributed by atoms with van der Waals surface area (Å²) in [6, 6.07) is 2.63. The zero-order chi connectivity index (χ0) is 9.14. The fraction of sp³-hybridized carbons (Fsp3) is 0. The zero-order valence-corrected chi connectivity index (χ0v) is 7.36. The van der Waals surface area contributed by atoms with Gasteiger partial charge in [0.2, 0.25) is 6.41 Å². The zero-order valence-electron chi connectivity index (χ0n) is 5.84. The van der Waals surface area contributed by atoms with E-state index in [2.05, 4.69) is 5.32 Å². The lowest BCUT2D eigenvalue weighted by atomic mass is 10.3. The number of benzene rings is 1. The van der Waals surface area contributed by atoms with Crippen LogP contribution in [0.3, 0.4) is 0 Å². The number of aromatic hydroxyl groups is 1. The predicted molar refractivity (Wildman–Crippen MR) is 47.8 cm³/mol. The molecule has 0 radical (unpaired) electrons. The molecular weight excluding hydrogens is 201 g/mol. The van der Waals surface area contributed by atoms with Crippen molar-refractivity contribution in [1.29, 1.82) is 0 Å². The van der Waals surface area contributed by atoms with Crippen molar-refractivity contribution in [3.05, 3.63) is 22.2 Å². The fourth-order valence-electron chi connectivity index (χ4n) is 0.710. The van der Waals surface area contributed by atoms with Crippen molar-refractivity contribution in [1.82, 2.24) is 0 Å². The van der Waals surface area contributed by atoms with E-state index in [1.807, 2.05) is 0 Å². The quantitative estimate of drug-likeness (QED) is 0.575. The van der Waals surface area contributed by atoms with Crippen LogP contribution in [0.4, 0.5) is 5.69 Å². The minimum Gasteiger partial charge on any atom is -0.506 e. The highest BCUT2D eigenvalue weighted by atomic mass is 35.5. The second kappa shape index (κ2) is 3.65. The number of hydrogen-bond donors (Lipinski definition) is 2. The van der Waals surface area contributed by atoms with E-state index in [0.29, 0.717) is 12.1 Å². The van der Waals surface area contributed by atoms with Crippen molar-refractivity contribution in [2.24, 2.45) is 0 Å². The second-order valence-electron chi connectivity index (χ2n) is 2.05. The molecule has 0 unspecified atom stereocenters. The first-order valence-electron chi connectivity index (χ1n) is 3.03. The molecule has 1 amide bonds. The van der Waals surface area contributed by atoms with Gasteiger partial charge in [-0.05, 0) is 6.07 Å². The highest BCUT2D eigenvalue weighted by molar-refractivity contribution is 6.36. The van der Waals surface area contributed by atoms with E-state index in [4.69, 9.17) is 28.3 Å². The molecule has 0 aliphatic heterocycles. The van der Waals surface area contributed by atoms with Gasteiger partial charge in [0, 0.05) is 6.07 Å². The summed E-state index contributed by atoms with van der Waals surface area (Å²) in [6.45, 7) is 0. The molecule has 0 bridgehead atoms. The first-order valence-corrected chi connectivity index (χ1v) is 3.79. The molecule has 12 heavy (non-hydrogen) atoms. The Hall–Kier alpha value is -0.930. The lowest BCUT2D eigenvalue weighted by molar-refractivity contribution is -0.105. The number of nitrogens with one attached hydrogen (secondary N) is 1. The van der Waals surface area contributed by atoms with Crippen LogP contribution in [0.15, 0.2) is 12.1 Å². The Balaban J connectivity index is 3.13. The standard InChI is InChI=1S/C7H5Cl2NO2/c8-4-2-7(12)5(9)1-6(4)10-3-11/h1-3,12H,(H,10,11). The van der Waals surface area contributed by atoms with E-state index in [-0.39, 0.29) is 15.8 Å². The third-order valence-electron chi connectivity index (χ3n) is 1.25. The van der Waals surface area contributed by atoms with Gasteiger partial charge in [-0.2, -0.15) is 0 Å². The SMILES string of the molecule is O=CNc1cc(Cl)c(O)cc1Cl. The van der Waals surface area contributed by atoms with Crippen LogP contribution in [-0.4, -0.2) is 11.5 Å². The summed E-state index contributed by atoms with van der Waals surface area (Å²) < 4.78 is 0. The molecule has 2 N–H and O–H groups in total. The van der Waals surface area contributed by atoms with Crippen molar-refractivity contribution in [3.63, 3.8) is 0 Å². The van der Waals surface area contributed by atoms with Gasteiger partial charge >= 0.3 is 0 Å². The van der Waals surface area contributed by atoms with Gasteiger partial charge in [0.15, 0.2) is 0 Å². The molecule has 0 saturated heterocycles. The maximum Gasteiger partial charge on any atom is 0.211 e. The molecule has 1 aromatic rings. The topological polar surface area (TPSA) is 49.3 Å². The highest BCUT2D eigenvalue weighted by Gasteiger charge is 2.04. The molecule has 0 aromatic heterocycles. The molecule has 5 heteroatoms. The molecule has 1 rings (SSSR count). The maximum absolute atomic E-state index is 10.0. The van der Waals surface area contributed by atoms with Crippen LogP contribution in [0.2, 0.25) is 10.0 Å². The lowest BCUT2D eigenvalue weighted by Gasteiger charge is -2.03. The van der Waals surface area contributed by atoms with Crippen LogP contribution in [0.25, 0.3) is 0 Å². The van der Waals surface area contributed by atoms with Gasteiger partial charge < -0.3 is 10.4 Å². The number of phenolic OH excluding ortho intramolecular Hbond substituents is 1. The van der Waals surface area contributed by atoms with E-state index < -0.39 is 0 Å². The molecule has 0 aliphatic carbocycles. The smallest absolute Gasteiger partial charge is 0.211 e. The second-order valence-corrected chi connectivity index (χ2v) is 2.86. The average Bonchev–Trinajstić information content (AvgIpc) is 2.01. The van der Waals surface area contributed by atoms with Gasteiger partial charge in [-0.15, -0.1) is 0 Å². The molecule has 0 saturated carbocycles. The maximum atomic E-state index is 10.0. The summed E-state index contributed by atoms with van der Waals surface area (Å²) in [7, 11) is 0. The van der Waals surface area contributed by atoms with Gasteiger partial charge in [-0.3, -0.25) is 4.79 Å². The molecule has 0 fully saturated rings. The first-order chi connectivity index (χ1) is 5.65. The van der Waals surface area contributed by atoms with Gasteiger partial charge in [-0.25, -0.2) is 0 Å². The Bertz CT molecular complexity index is 315. The van der Waals surface area contributed by atoms with E-state index >= 15 is 0 Å². The fourth-order valence-corrected chi connectivity index (χ4v) is 1.09. The molecule has 0 atom stereocenters. The molecule has 0 aliphatic rings. The van der Waals surface area contributed by atoms with Crippen LogP contribution in [-0.2, 0) is 4.79 Å². The van der Waals surface area contributed by atoms with Crippen LogP contribution in [0.1, 0.15) is 0 Å². The minimum absolute atomic E-state index is 0.113. The number of carbonyl (C=O) groups is 1. The molecular formula is C7H5Cl2NO2. The number of carbonyl (C=O) groups excluding carboxylic acids is 1. The van der Waals surface area contributed by atoms with Gasteiger partial charge in [-0.1, -0.05) is 23.2 Å². The number of hydrogen-bond acceptors (Lipinski definition) is 2. The number of amides is 1. The van der Waals surface area contributed by atoms with Crippen LogP contribution >= 0.6 is 23.2 Å². The first kappa shape index (κ1) is 9.16. The van der Waals surface area contributed by atoms with E-state index in [1.165, 1.54) is 12.1 Å². The van der Waals surface area contributed by atoms with Crippen molar-refractivity contribution >= 4 is 35.3 Å². The summed E-state index contributed by atoms with van der Waals surface area (Å²) in [4.78, 5) is 10.0. The summed E-state index contributed by atoms with van der Waals surface area (Å²) in [5.74, 6) is -0.113. The van der Waals surface area contributed by atoms with E-state index in [0.717, 1.165) is 0 Å². The summed E-state index contributed by atoms with van der Waals surface area (Å²) in [6.07, 6.45) is 0.481. The molecule has 0 spiro atoms.